The fraction of sp³-hybridized carbons (Fsp3) is 0.545. The Balaban J connectivity index is 2.44. The summed E-state index contributed by atoms with van der Waals surface area (Å²) in [7, 11) is 0. The van der Waals surface area contributed by atoms with E-state index in [0.717, 1.165) is 0 Å². The highest BCUT2D eigenvalue weighted by atomic mass is 32.2. The Bertz CT molecular complexity index is 433. The van der Waals surface area contributed by atoms with Gasteiger partial charge in [-0.1, -0.05) is 13.8 Å². The van der Waals surface area contributed by atoms with E-state index in [1.165, 1.54) is 4.90 Å². The van der Waals surface area contributed by atoms with Crippen molar-refractivity contribution in [2.24, 2.45) is 0 Å². The van der Waals surface area contributed by atoms with Crippen LogP contribution in [0.4, 0.5) is 23.2 Å². The van der Waals surface area contributed by atoms with Gasteiger partial charge in [0.1, 0.15) is 5.69 Å². The fourth-order valence-electron chi connectivity index (χ4n) is 2.11. The van der Waals surface area contributed by atoms with Gasteiger partial charge in [-0.2, -0.15) is 34.3 Å². The maximum absolute atomic E-state index is 13.6. The van der Waals surface area contributed by atoms with Crippen LogP contribution in [0.5, 0.6) is 0 Å². The van der Waals surface area contributed by atoms with Crippen molar-refractivity contribution in [2.45, 2.75) is 24.3 Å². The lowest BCUT2D eigenvalue weighted by molar-refractivity contribution is 0.405. The van der Waals surface area contributed by atoms with Gasteiger partial charge in [0, 0.05) is 23.6 Å². The van der Waals surface area contributed by atoms with Gasteiger partial charge in [-0.25, -0.2) is 0 Å². The lowest BCUT2D eigenvalue weighted by Crippen LogP contribution is -2.41. The molecule has 100 valence electrons. The Morgan fingerprint density at radius 2 is 1.44 bits per heavy atom. The van der Waals surface area contributed by atoms with Crippen molar-refractivity contribution in [3.63, 3.8) is 0 Å². The van der Waals surface area contributed by atoms with Crippen molar-refractivity contribution in [1.29, 1.82) is 0 Å². The van der Waals surface area contributed by atoms with Crippen molar-refractivity contribution in [2.75, 3.05) is 18.0 Å². The van der Waals surface area contributed by atoms with Crippen LogP contribution in [0.3, 0.4) is 0 Å². The normalized spacial score (nSPS) is 24.4. The Hall–Kier alpha value is -0.980. The molecule has 0 amide bonds. The van der Waals surface area contributed by atoms with Crippen molar-refractivity contribution in [3.05, 3.63) is 23.5 Å². The Morgan fingerprint density at radius 3 is 1.89 bits per heavy atom. The van der Waals surface area contributed by atoms with Crippen LogP contribution in [-0.2, 0) is 0 Å². The summed E-state index contributed by atoms with van der Waals surface area (Å²) in [4.78, 5) is 3.89. The summed E-state index contributed by atoms with van der Waals surface area (Å²) in [6, 6.07) is 0. The van der Waals surface area contributed by atoms with Crippen LogP contribution in [0.25, 0.3) is 0 Å². The number of pyridine rings is 1. The summed E-state index contributed by atoms with van der Waals surface area (Å²) < 4.78 is 53.3. The molecule has 1 aromatic heterocycles. The highest BCUT2D eigenvalue weighted by molar-refractivity contribution is 8.00. The Kier molecular flexibility index (Phi) is 3.70. The predicted octanol–water partition coefficient (Wildman–Crippen LogP) is 2.97. The van der Waals surface area contributed by atoms with Gasteiger partial charge in [0.25, 0.3) is 11.9 Å². The van der Waals surface area contributed by atoms with E-state index >= 15 is 0 Å². The largest absolute Gasteiger partial charge is 0.364 e. The molecular weight excluding hydrogens is 268 g/mol. The third-order valence-corrected chi connectivity index (χ3v) is 3.94. The monoisotopic (exact) mass is 280 g/mol. The van der Waals surface area contributed by atoms with E-state index < -0.39 is 29.2 Å². The summed E-state index contributed by atoms with van der Waals surface area (Å²) in [5.41, 5.74) is -0.654. The highest BCUT2D eigenvalue weighted by Crippen LogP contribution is 2.32. The molecule has 0 aliphatic carbocycles. The van der Waals surface area contributed by atoms with Crippen LogP contribution in [-0.4, -0.2) is 28.6 Å². The number of hydrogen-bond donors (Lipinski definition) is 0. The molecule has 1 aliphatic rings. The molecular formula is C11H12F4N2S. The second-order valence-electron chi connectivity index (χ2n) is 4.33. The minimum atomic E-state index is -1.61. The molecule has 1 fully saturated rings. The van der Waals surface area contributed by atoms with Crippen LogP contribution in [0.2, 0.25) is 0 Å². The summed E-state index contributed by atoms with van der Waals surface area (Å²) in [5, 5.41) is 0.263. The van der Waals surface area contributed by atoms with Crippen molar-refractivity contribution in [1.82, 2.24) is 4.98 Å². The molecule has 2 heterocycles. The van der Waals surface area contributed by atoms with Crippen LogP contribution < -0.4 is 4.90 Å². The second-order valence-corrected chi connectivity index (χ2v) is 6.21. The van der Waals surface area contributed by atoms with Gasteiger partial charge in [0.05, 0.1) is 0 Å². The molecule has 2 rings (SSSR count). The first-order valence-corrected chi connectivity index (χ1v) is 6.44. The van der Waals surface area contributed by atoms with E-state index in [4.69, 9.17) is 0 Å². The molecule has 1 aromatic rings. The van der Waals surface area contributed by atoms with Gasteiger partial charge in [0.2, 0.25) is 11.6 Å². The molecule has 0 saturated carbocycles. The summed E-state index contributed by atoms with van der Waals surface area (Å²) in [6.07, 6.45) is 0. The van der Waals surface area contributed by atoms with E-state index in [9.17, 15) is 17.6 Å². The number of hydrogen-bond acceptors (Lipinski definition) is 3. The van der Waals surface area contributed by atoms with Crippen molar-refractivity contribution in [3.8, 4) is 0 Å². The van der Waals surface area contributed by atoms with Gasteiger partial charge >= 0.3 is 0 Å². The second kappa shape index (κ2) is 4.95. The first-order chi connectivity index (χ1) is 8.40. The molecule has 18 heavy (non-hydrogen) atoms. The fourth-order valence-corrected chi connectivity index (χ4v) is 3.44. The quantitative estimate of drug-likeness (QED) is 0.581. The summed E-state index contributed by atoms with van der Waals surface area (Å²) >= 11 is 1.67. The molecule has 0 spiro atoms. The van der Waals surface area contributed by atoms with Gasteiger partial charge < -0.3 is 4.90 Å². The number of aromatic nitrogens is 1. The molecule has 0 radical (unpaired) electrons. The van der Waals surface area contributed by atoms with Crippen LogP contribution >= 0.6 is 11.8 Å². The standard InChI is InChI=1S/C11H12F4N2S/c1-5-3-17(4-6(2)18-5)9-7(12)10(14)16-11(15)8(9)13/h5-6H,3-4H2,1-2H3. The summed E-state index contributed by atoms with van der Waals surface area (Å²) in [5.74, 6) is -6.08. The van der Waals surface area contributed by atoms with Gasteiger partial charge in [0.15, 0.2) is 0 Å². The average molecular weight is 280 g/mol. The number of rotatable bonds is 1. The number of halogens is 4. The number of nitrogens with zero attached hydrogens (tertiary/aromatic N) is 2. The lowest BCUT2D eigenvalue weighted by atomic mass is 10.2. The van der Waals surface area contributed by atoms with E-state index in [2.05, 4.69) is 4.98 Å². The topological polar surface area (TPSA) is 16.1 Å². The lowest BCUT2D eigenvalue weighted by Gasteiger charge is -2.36. The van der Waals surface area contributed by atoms with E-state index in [1.807, 2.05) is 13.8 Å². The van der Waals surface area contributed by atoms with Gasteiger partial charge in [-0.05, 0) is 0 Å². The summed E-state index contributed by atoms with van der Waals surface area (Å²) in [6.45, 7) is 4.48. The third-order valence-electron chi connectivity index (χ3n) is 2.71. The first-order valence-electron chi connectivity index (χ1n) is 5.50. The van der Waals surface area contributed by atoms with E-state index in [0.29, 0.717) is 13.1 Å². The Labute approximate surface area is 106 Å². The predicted molar refractivity (Wildman–Crippen MR) is 62.8 cm³/mol. The van der Waals surface area contributed by atoms with Crippen LogP contribution in [0.15, 0.2) is 0 Å². The molecule has 2 nitrogen and oxygen atoms in total. The number of thioether (sulfide) groups is 1. The molecule has 2 atom stereocenters. The van der Waals surface area contributed by atoms with Gasteiger partial charge in [-0.3, -0.25) is 0 Å². The molecule has 1 aliphatic heterocycles. The van der Waals surface area contributed by atoms with Crippen LogP contribution in [0, 0.1) is 23.5 Å². The zero-order valence-electron chi connectivity index (χ0n) is 9.88. The maximum Gasteiger partial charge on any atom is 0.253 e. The Morgan fingerprint density at radius 1 is 1.00 bits per heavy atom. The van der Waals surface area contributed by atoms with Crippen molar-refractivity contribution < 1.29 is 17.6 Å². The molecule has 2 unspecified atom stereocenters. The average Bonchev–Trinajstić information content (AvgIpc) is 2.25. The maximum atomic E-state index is 13.6. The SMILES string of the molecule is CC1CN(c2c(F)c(F)nc(F)c2F)CC(C)S1. The molecule has 0 N–H and O–H groups in total. The molecule has 7 heteroatoms. The molecule has 0 bridgehead atoms. The van der Waals surface area contributed by atoms with Crippen LogP contribution in [0.1, 0.15) is 13.8 Å². The third kappa shape index (κ3) is 2.41. The number of anilines is 1. The minimum Gasteiger partial charge on any atom is -0.364 e. The zero-order valence-corrected chi connectivity index (χ0v) is 10.7. The van der Waals surface area contributed by atoms with E-state index in [-0.39, 0.29) is 10.5 Å². The zero-order chi connectivity index (χ0) is 13.4. The molecule has 0 aromatic carbocycles. The van der Waals surface area contributed by atoms with Crippen molar-refractivity contribution >= 4 is 17.4 Å². The molecule has 1 saturated heterocycles. The van der Waals surface area contributed by atoms with E-state index in [1.54, 1.807) is 11.8 Å². The van der Waals surface area contributed by atoms with Gasteiger partial charge in [-0.15, -0.1) is 0 Å². The first kappa shape index (κ1) is 13.5. The minimum absolute atomic E-state index is 0.131. The highest BCUT2D eigenvalue weighted by Gasteiger charge is 2.30. The smallest absolute Gasteiger partial charge is 0.253 e.